The van der Waals surface area contributed by atoms with Crippen molar-refractivity contribution in [2.45, 2.75) is 6.61 Å². The highest BCUT2D eigenvalue weighted by Crippen LogP contribution is 2.23. The average molecular weight is 188 g/mol. The normalized spacial score (nSPS) is 10.1. The predicted octanol–water partition coefficient (Wildman–Crippen LogP) is 1.81. The lowest BCUT2D eigenvalue weighted by Crippen LogP contribution is -2.01. The summed E-state index contributed by atoms with van der Waals surface area (Å²) in [6.45, 7) is -2.94. The number of ether oxygens (including phenoxy) is 1. The second-order valence-corrected chi connectivity index (χ2v) is 2.22. The zero-order valence-corrected chi connectivity index (χ0v) is 6.41. The van der Waals surface area contributed by atoms with Gasteiger partial charge in [0.2, 0.25) is 0 Å². The average Bonchev–Trinajstić information content (AvgIpc) is 2.03. The molecule has 0 atom stereocenters. The Balaban J connectivity index is 2.89. The number of hydrogen-bond acceptors (Lipinski definition) is 3. The maximum Gasteiger partial charge on any atom is 0.387 e. The van der Waals surface area contributed by atoms with E-state index >= 15 is 0 Å². The van der Waals surface area contributed by atoms with Crippen LogP contribution in [0.4, 0.5) is 8.78 Å². The Morgan fingerprint density at radius 3 is 2.62 bits per heavy atom. The molecule has 1 aromatic rings. The smallest absolute Gasteiger partial charge is 0.387 e. The van der Waals surface area contributed by atoms with E-state index < -0.39 is 6.61 Å². The van der Waals surface area contributed by atoms with Crippen LogP contribution in [0.2, 0.25) is 0 Å². The molecular weight excluding hydrogens is 182 g/mol. The van der Waals surface area contributed by atoms with Gasteiger partial charge in [-0.15, -0.1) is 0 Å². The van der Waals surface area contributed by atoms with Gasteiger partial charge in [-0.25, -0.2) is 0 Å². The summed E-state index contributed by atoms with van der Waals surface area (Å²) in [4.78, 5) is 10.2. The van der Waals surface area contributed by atoms with Crippen LogP contribution in [-0.4, -0.2) is 18.0 Å². The Kier molecular flexibility index (Phi) is 2.79. The van der Waals surface area contributed by atoms with Gasteiger partial charge in [0.05, 0.1) is 5.56 Å². The van der Waals surface area contributed by atoms with E-state index in [1.54, 1.807) is 0 Å². The van der Waals surface area contributed by atoms with Crippen molar-refractivity contribution in [2.75, 3.05) is 0 Å². The van der Waals surface area contributed by atoms with Gasteiger partial charge in [-0.2, -0.15) is 8.78 Å². The first-order chi connectivity index (χ1) is 6.13. The maximum atomic E-state index is 11.7. The summed E-state index contributed by atoms with van der Waals surface area (Å²) in [7, 11) is 0. The molecule has 0 unspecified atom stereocenters. The fraction of sp³-hybridized carbons (Fsp3) is 0.125. The Hall–Kier alpha value is -1.65. The van der Waals surface area contributed by atoms with Crippen molar-refractivity contribution in [3.63, 3.8) is 0 Å². The molecule has 1 aromatic carbocycles. The van der Waals surface area contributed by atoms with Gasteiger partial charge >= 0.3 is 6.61 Å². The highest BCUT2D eigenvalue weighted by Gasteiger charge is 2.06. The van der Waals surface area contributed by atoms with Crippen molar-refractivity contribution in [1.29, 1.82) is 0 Å². The molecule has 0 saturated heterocycles. The van der Waals surface area contributed by atoms with Gasteiger partial charge in [-0.05, 0) is 12.1 Å². The van der Waals surface area contributed by atoms with E-state index in [9.17, 15) is 13.6 Å². The van der Waals surface area contributed by atoms with Gasteiger partial charge in [0.25, 0.3) is 0 Å². The number of rotatable bonds is 3. The van der Waals surface area contributed by atoms with E-state index in [-0.39, 0.29) is 17.1 Å². The third-order valence-electron chi connectivity index (χ3n) is 1.35. The molecule has 0 aliphatic heterocycles. The van der Waals surface area contributed by atoms with Crippen LogP contribution in [0.15, 0.2) is 18.2 Å². The lowest BCUT2D eigenvalue weighted by Gasteiger charge is -2.04. The van der Waals surface area contributed by atoms with Crippen LogP contribution in [0.25, 0.3) is 0 Å². The van der Waals surface area contributed by atoms with Crippen LogP contribution in [0, 0.1) is 0 Å². The molecule has 0 aliphatic rings. The number of carbonyl (C=O) groups is 1. The van der Waals surface area contributed by atoms with Crippen molar-refractivity contribution >= 4 is 6.29 Å². The summed E-state index contributed by atoms with van der Waals surface area (Å²) in [6, 6.07) is 3.32. The maximum absolute atomic E-state index is 11.7. The zero-order chi connectivity index (χ0) is 9.84. The van der Waals surface area contributed by atoms with Gasteiger partial charge in [0.1, 0.15) is 11.5 Å². The van der Waals surface area contributed by atoms with E-state index in [0.29, 0.717) is 6.29 Å². The molecule has 70 valence electrons. The summed E-state index contributed by atoms with van der Waals surface area (Å²) in [5, 5.41) is 9.05. The highest BCUT2D eigenvalue weighted by molar-refractivity contribution is 5.79. The molecule has 0 saturated carbocycles. The molecule has 3 nitrogen and oxygen atoms in total. The summed E-state index contributed by atoms with van der Waals surface area (Å²) in [6.07, 6.45) is 0.418. The third kappa shape index (κ3) is 2.40. The number of phenolic OH excluding ortho intramolecular Hbond substituents is 1. The van der Waals surface area contributed by atoms with Gasteiger partial charge in [0.15, 0.2) is 6.29 Å². The van der Waals surface area contributed by atoms with Gasteiger partial charge in [-0.1, -0.05) is 0 Å². The summed E-state index contributed by atoms with van der Waals surface area (Å²) in [5.74, 6) is -0.564. The van der Waals surface area contributed by atoms with Crippen LogP contribution >= 0.6 is 0 Å². The van der Waals surface area contributed by atoms with Crippen LogP contribution in [0.5, 0.6) is 11.5 Å². The molecule has 1 N–H and O–H groups in total. The predicted molar refractivity (Wildman–Crippen MR) is 40.1 cm³/mol. The lowest BCUT2D eigenvalue weighted by atomic mass is 10.2. The Morgan fingerprint density at radius 1 is 1.46 bits per heavy atom. The fourth-order valence-electron chi connectivity index (χ4n) is 0.799. The van der Waals surface area contributed by atoms with Crippen molar-refractivity contribution in [2.24, 2.45) is 0 Å². The lowest BCUT2D eigenvalue weighted by molar-refractivity contribution is -0.0499. The molecule has 0 fully saturated rings. The van der Waals surface area contributed by atoms with Crippen LogP contribution in [-0.2, 0) is 0 Å². The molecule has 0 bridgehead atoms. The molecule has 13 heavy (non-hydrogen) atoms. The molecule has 0 aliphatic carbocycles. The van der Waals surface area contributed by atoms with Crippen LogP contribution in [0.3, 0.4) is 0 Å². The highest BCUT2D eigenvalue weighted by atomic mass is 19.3. The second-order valence-electron chi connectivity index (χ2n) is 2.22. The molecule has 0 spiro atoms. The number of benzene rings is 1. The topological polar surface area (TPSA) is 46.5 Å². The van der Waals surface area contributed by atoms with Gasteiger partial charge in [-0.3, -0.25) is 4.79 Å². The third-order valence-corrected chi connectivity index (χ3v) is 1.35. The van der Waals surface area contributed by atoms with Crippen molar-refractivity contribution < 1.29 is 23.4 Å². The first kappa shape index (κ1) is 9.44. The fourth-order valence-corrected chi connectivity index (χ4v) is 0.799. The first-order valence-corrected chi connectivity index (χ1v) is 3.36. The minimum absolute atomic E-state index is 0.0293. The minimum atomic E-state index is -2.94. The standard InChI is InChI=1S/C8H6F2O3/c9-8(10)13-6-2-1-5(4-11)7(12)3-6/h1-4,8,12H. The summed E-state index contributed by atoms with van der Waals surface area (Å²) >= 11 is 0. The minimum Gasteiger partial charge on any atom is -0.507 e. The summed E-state index contributed by atoms with van der Waals surface area (Å²) in [5.41, 5.74) is 0.0293. The number of halogens is 2. The van der Waals surface area contributed by atoms with Crippen LogP contribution in [0.1, 0.15) is 10.4 Å². The Bertz CT molecular complexity index is 312. The SMILES string of the molecule is O=Cc1ccc(OC(F)F)cc1O. The Labute approximate surface area is 72.6 Å². The quantitative estimate of drug-likeness (QED) is 0.735. The van der Waals surface area contributed by atoms with E-state index in [0.717, 1.165) is 6.07 Å². The molecule has 0 radical (unpaired) electrons. The molecule has 0 heterocycles. The van der Waals surface area contributed by atoms with Crippen molar-refractivity contribution in [3.8, 4) is 11.5 Å². The van der Waals surface area contributed by atoms with Crippen molar-refractivity contribution in [1.82, 2.24) is 0 Å². The monoisotopic (exact) mass is 188 g/mol. The number of carbonyl (C=O) groups excluding carboxylic acids is 1. The van der Waals surface area contributed by atoms with Gasteiger partial charge < -0.3 is 9.84 Å². The molecule has 0 amide bonds. The van der Waals surface area contributed by atoms with Gasteiger partial charge in [0, 0.05) is 6.07 Å². The van der Waals surface area contributed by atoms with E-state index in [4.69, 9.17) is 5.11 Å². The molecule has 5 heteroatoms. The van der Waals surface area contributed by atoms with Crippen molar-refractivity contribution in [3.05, 3.63) is 23.8 Å². The number of aromatic hydroxyl groups is 1. The van der Waals surface area contributed by atoms with E-state index in [1.807, 2.05) is 0 Å². The molecule has 1 rings (SSSR count). The van der Waals surface area contributed by atoms with Crippen LogP contribution < -0.4 is 4.74 Å². The number of alkyl halides is 2. The Morgan fingerprint density at radius 2 is 2.15 bits per heavy atom. The second kappa shape index (κ2) is 3.84. The summed E-state index contributed by atoms with van der Waals surface area (Å²) < 4.78 is 27.3. The molecule has 0 aromatic heterocycles. The van der Waals surface area contributed by atoms with E-state index in [1.165, 1.54) is 12.1 Å². The largest absolute Gasteiger partial charge is 0.507 e. The zero-order valence-electron chi connectivity index (χ0n) is 6.41. The number of phenols is 1. The number of aldehydes is 1. The molecular formula is C8H6F2O3. The first-order valence-electron chi connectivity index (χ1n) is 3.36. The number of hydrogen-bond donors (Lipinski definition) is 1. The van der Waals surface area contributed by atoms with E-state index in [2.05, 4.69) is 4.74 Å².